The number of nitrogens with one attached hydrogen (secondary N) is 2. The highest BCUT2D eigenvalue weighted by atomic mass is 35.5. The van der Waals surface area contributed by atoms with Crippen molar-refractivity contribution < 1.29 is 14.3 Å². The third-order valence-corrected chi connectivity index (χ3v) is 3.20. The molecule has 104 valence electrons. The van der Waals surface area contributed by atoms with Crippen LogP contribution in [-0.2, 0) is 9.53 Å². The van der Waals surface area contributed by atoms with Crippen molar-refractivity contribution in [2.24, 2.45) is 5.92 Å². The number of amides is 2. The zero-order valence-corrected chi connectivity index (χ0v) is 11.5. The van der Waals surface area contributed by atoms with Gasteiger partial charge in [0.25, 0.3) is 0 Å². The summed E-state index contributed by atoms with van der Waals surface area (Å²) in [5.74, 6) is 0.158. The highest BCUT2D eigenvalue weighted by Gasteiger charge is 2.28. The molecule has 2 N–H and O–H groups in total. The van der Waals surface area contributed by atoms with Gasteiger partial charge >= 0.3 is 12.0 Å². The number of alkyl halides is 1. The minimum absolute atomic E-state index is 0.0449. The van der Waals surface area contributed by atoms with E-state index in [1.165, 1.54) is 0 Å². The smallest absolute Gasteiger partial charge is 0.315 e. The van der Waals surface area contributed by atoms with E-state index in [0.717, 1.165) is 19.3 Å². The molecular formula is C12H21ClN2O3. The quantitative estimate of drug-likeness (QED) is 0.593. The number of halogens is 1. The van der Waals surface area contributed by atoms with Gasteiger partial charge in [-0.2, -0.15) is 0 Å². The van der Waals surface area contributed by atoms with E-state index in [4.69, 9.17) is 16.3 Å². The average Bonchev–Trinajstić information content (AvgIpc) is 2.37. The lowest BCUT2D eigenvalue weighted by Crippen LogP contribution is -2.45. The van der Waals surface area contributed by atoms with Crippen molar-refractivity contribution in [3.63, 3.8) is 0 Å². The summed E-state index contributed by atoms with van der Waals surface area (Å²) in [5, 5.41) is 5.51. The lowest BCUT2D eigenvalue weighted by molar-refractivity contribution is -0.149. The normalized spacial score (nSPS) is 23.2. The van der Waals surface area contributed by atoms with E-state index in [1.54, 1.807) is 6.92 Å². The molecule has 2 unspecified atom stereocenters. The second-order valence-corrected chi connectivity index (χ2v) is 4.78. The lowest BCUT2D eigenvalue weighted by Gasteiger charge is -2.28. The Hall–Kier alpha value is -0.970. The summed E-state index contributed by atoms with van der Waals surface area (Å²) in [4.78, 5) is 23.1. The number of rotatable bonds is 5. The van der Waals surface area contributed by atoms with Crippen LogP contribution < -0.4 is 10.6 Å². The maximum Gasteiger partial charge on any atom is 0.315 e. The first-order valence-corrected chi connectivity index (χ1v) is 6.97. The highest BCUT2D eigenvalue weighted by Crippen LogP contribution is 2.25. The molecule has 1 aliphatic carbocycles. The van der Waals surface area contributed by atoms with Crippen molar-refractivity contribution in [2.75, 3.05) is 19.0 Å². The first kappa shape index (κ1) is 15.1. The van der Waals surface area contributed by atoms with Crippen molar-refractivity contribution >= 4 is 23.6 Å². The summed E-state index contributed by atoms with van der Waals surface area (Å²) in [6.07, 6.45) is 3.35. The Labute approximate surface area is 113 Å². The van der Waals surface area contributed by atoms with E-state index >= 15 is 0 Å². The van der Waals surface area contributed by atoms with Gasteiger partial charge in [-0.05, 0) is 26.2 Å². The molecule has 0 saturated heterocycles. The van der Waals surface area contributed by atoms with Gasteiger partial charge in [-0.25, -0.2) is 4.79 Å². The molecule has 0 aromatic rings. The van der Waals surface area contributed by atoms with E-state index in [-0.39, 0.29) is 24.0 Å². The molecular weight excluding hydrogens is 256 g/mol. The lowest BCUT2D eigenvalue weighted by atomic mass is 9.86. The first-order valence-electron chi connectivity index (χ1n) is 6.44. The van der Waals surface area contributed by atoms with Crippen LogP contribution in [0.15, 0.2) is 0 Å². The van der Waals surface area contributed by atoms with Crippen LogP contribution in [-0.4, -0.2) is 37.1 Å². The molecule has 0 radical (unpaired) electrons. The Morgan fingerprint density at radius 1 is 1.39 bits per heavy atom. The highest BCUT2D eigenvalue weighted by molar-refractivity contribution is 6.18. The van der Waals surface area contributed by atoms with E-state index in [0.29, 0.717) is 25.5 Å². The van der Waals surface area contributed by atoms with Crippen molar-refractivity contribution in [1.82, 2.24) is 10.6 Å². The third-order valence-electron chi connectivity index (χ3n) is 3.01. The standard InChI is InChI=1S/C12H21ClN2O3/c1-2-18-11(16)9-4-3-5-10(8-9)15-12(17)14-7-6-13/h9-10H,2-8H2,1H3,(H2,14,15,17). The van der Waals surface area contributed by atoms with Crippen LogP contribution in [0.25, 0.3) is 0 Å². The Bertz CT molecular complexity index is 286. The molecule has 0 bridgehead atoms. The zero-order valence-electron chi connectivity index (χ0n) is 10.7. The average molecular weight is 277 g/mol. The molecule has 0 spiro atoms. The SMILES string of the molecule is CCOC(=O)C1CCCC(NC(=O)NCCCl)C1. The molecule has 1 rings (SSSR count). The van der Waals surface area contributed by atoms with Gasteiger partial charge < -0.3 is 15.4 Å². The van der Waals surface area contributed by atoms with Gasteiger partial charge in [0.15, 0.2) is 0 Å². The fourth-order valence-electron chi connectivity index (χ4n) is 2.19. The Kier molecular flexibility index (Phi) is 6.86. The molecule has 1 aliphatic rings. The largest absolute Gasteiger partial charge is 0.466 e. The summed E-state index contributed by atoms with van der Waals surface area (Å²) in [7, 11) is 0. The first-order chi connectivity index (χ1) is 8.67. The van der Waals surface area contributed by atoms with Gasteiger partial charge in [0.05, 0.1) is 12.5 Å². The van der Waals surface area contributed by atoms with Crippen molar-refractivity contribution in [3.05, 3.63) is 0 Å². The van der Waals surface area contributed by atoms with Crippen LogP contribution in [0.3, 0.4) is 0 Å². The molecule has 5 nitrogen and oxygen atoms in total. The molecule has 1 saturated carbocycles. The van der Waals surface area contributed by atoms with Gasteiger partial charge in [0, 0.05) is 18.5 Å². The second kappa shape index (κ2) is 8.19. The van der Waals surface area contributed by atoms with E-state index in [1.807, 2.05) is 0 Å². The van der Waals surface area contributed by atoms with Crippen LogP contribution in [0.1, 0.15) is 32.6 Å². The molecule has 0 aliphatic heterocycles. The summed E-state index contributed by atoms with van der Waals surface area (Å²) in [6, 6.07) is -0.173. The van der Waals surface area contributed by atoms with Crippen molar-refractivity contribution in [3.8, 4) is 0 Å². The number of urea groups is 1. The molecule has 0 aromatic carbocycles. The number of carbonyl (C=O) groups excluding carboxylic acids is 2. The summed E-state index contributed by atoms with van der Waals surface area (Å²) < 4.78 is 5.01. The molecule has 6 heteroatoms. The van der Waals surface area contributed by atoms with Gasteiger partial charge in [-0.15, -0.1) is 11.6 Å². The van der Waals surface area contributed by atoms with E-state index < -0.39 is 0 Å². The monoisotopic (exact) mass is 276 g/mol. The number of hydrogen-bond donors (Lipinski definition) is 2. The van der Waals surface area contributed by atoms with Crippen LogP contribution in [0.2, 0.25) is 0 Å². The number of esters is 1. The zero-order chi connectivity index (χ0) is 13.4. The number of ether oxygens (including phenoxy) is 1. The Morgan fingerprint density at radius 2 is 2.17 bits per heavy atom. The molecule has 2 amide bonds. The molecule has 2 atom stereocenters. The number of carbonyl (C=O) groups is 2. The summed E-state index contributed by atoms with van der Waals surface area (Å²) in [5.41, 5.74) is 0. The predicted molar refractivity (Wildman–Crippen MR) is 69.6 cm³/mol. The predicted octanol–water partition coefficient (Wildman–Crippen LogP) is 1.65. The Morgan fingerprint density at radius 3 is 2.83 bits per heavy atom. The molecule has 0 aromatic heterocycles. The van der Waals surface area contributed by atoms with E-state index in [2.05, 4.69) is 10.6 Å². The second-order valence-electron chi connectivity index (χ2n) is 4.40. The minimum atomic E-state index is -0.217. The van der Waals surface area contributed by atoms with Crippen LogP contribution in [0, 0.1) is 5.92 Å². The topological polar surface area (TPSA) is 67.4 Å². The molecule has 1 fully saturated rings. The Balaban J connectivity index is 2.34. The maximum atomic E-state index is 11.6. The summed E-state index contributed by atoms with van der Waals surface area (Å²) >= 11 is 5.48. The van der Waals surface area contributed by atoms with Crippen LogP contribution >= 0.6 is 11.6 Å². The number of hydrogen-bond acceptors (Lipinski definition) is 3. The van der Waals surface area contributed by atoms with Gasteiger partial charge in [0.2, 0.25) is 0 Å². The van der Waals surface area contributed by atoms with Crippen LogP contribution in [0.4, 0.5) is 4.79 Å². The minimum Gasteiger partial charge on any atom is -0.466 e. The van der Waals surface area contributed by atoms with Crippen LogP contribution in [0.5, 0.6) is 0 Å². The fraction of sp³-hybridized carbons (Fsp3) is 0.833. The van der Waals surface area contributed by atoms with E-state index in [9.17, 15) is 9.59 Å². The van der Waals surface area contributed by atoms with Gasteiger partial charge in [-0.3, -0.25) is 4.79 Å². The maximum absolute atomic E-state index is 11.6. The molecule has 0 heterocycles. The molecule has 18 heavy (non-hydrogen) atoms. The van der Waals surface area contributed by atoms with Crippen molar-refractivity contribution in [2.45, 2.75) is 38.6 Å². The van der Waals surface area contributed by atoms with Crippen molar-refractivity contribution in [1.29, 1.82) is 0 Å². The fourth-order valence-corrected chi connectivity index (χ4v) is 2.29. The van der Waals surface area contributed by atoms with Gasteiger partial charge in [-0.1, -0.05) is 6.42 Å². The van der Waals surface area contributed by atoms with Gasteiger partial charge in [0.1, 0.15) is 0 Å². The third kappa shape index (κ3) is 5.12. The summed E-state index contributed by atoms with van der Waals surface area (Å²) in [6.45, 7) is 2.65.